The standard InChI is InChI=1S/C19H22O5/c1-18(2,3)9-10-19(21)12-23-15-14(19)11-22-17(15)24-16(20)13-7-5-4-6-8-13/h4-8,14-15,17,21H,11-12H2,1-3H3/t14-,15-,17+,19+/m0/s1. The number of aliphatic hydroxyl groups is 1. The summed E-state index contributed by atoms with van der Waals surface area (Å²) in [5.74, 6) is 5.19. The van der Waals surface area contributed by atoms with Gasteiger partial charge in [-0.3, -0.25) is 0 Å². The van der Waals surface area contributed by atoms with E-state index in [2.05, 4.69) is 11.8 Å². The van der Waals surface area contributed by atoms with Gasteiger partial charge in [0.05, 0.1) is 24.7 Å². The van der Waals surface area contributed by atoms with Crippen LogP contribution in [0.4, 0.5) is 0 Å². The SMILES string of the molecule is CC(C)(C)C#C[C@@]1(O)CO[C@@H]2[C@@H](OC(=O)c3ccccc3)OC[C@@H]21. The number of hydrogen-bond donors (Lipinski definition) is 1. The summed E-state index contributed by atoms with van der Waals surface area (Å²) in [5, 5.41) is 10.8. The van der Waals surface area contributed by atoms with Crippen LogP contribution in [0.1, 0.15) is 31.1 Å². The van der Waals surface area contributed by atoms with E-state index in [4.69, 9.17) is 14.2 Å². The quantitative estimate of drug-likeness (QED) is 0.664. The van der Waals surface area contributed by atoms with E-state index in [1.54, 1.807) is 24.3 Å². The second-order valence-electron chi connectivity index (χ2n) is 7.28. The first-order valence-corrected chi connectivity index (χ1v) is 8.04. The van der Waals surface area contributed by atoms with Crippen LogP contribution in [-0.4, -0.2) is 42.3 Å². The van der Waals surface area contributed by atoms with Gasteiger partial charge in [-0.05, 0) is 32.9 Å². The zero-order chi connectivity index (χ0) is 17.4. The second kappa shape index (κ2) is 6.21. The van der Waals surface area contributed by atoms with Gasteiger partial charge in [0, 0.05) is 5.41 Å². The maximum Gasteiger partial charge on any atom is 0.340 e. The van der Waals surface area contributed by atoms with Crippen LogP contribution in [0.15, 0.2) is 30.3 Å². The second-order valence-corrected chi connectivity index (χ2v) is 7.28. The predicted molar refractivity (Wildman–Crippen MR) is 87.0 cm³/mol. The van der Waals surface area contributed by atoms with Gasteiger partial charge in [-0.1, -0.05) is 30.0 Å². The summed E-state index contributed by atoms with van der Waals surface area (Å²) in [6.07, 6.45) is -1.33. The lowest BCUT2D eigenvalue weighted by molar-refractivity contribution is -0.132. The zero-order valence-electron chi connectivity index (χ0n) is 14.1. The average molecular weight is 330 g/mol. The van der Waals surface area contributed by atoms with Crippen molar-refractivity contribution in [2.75, 3.05) is 13.2 Å². The van der Waals surface area contributed by atoms with Crippen LogP contribution in [0.2, 0.25) is 0 Å². The van der Waals surface area contributed by atoms with E-state index >= 15 is 0 Å². The molecular formula is C19H22O5. The molecule has 2 saturated heterocycles. The molecule has 5 heteroatoms. The number of benzene rings is 1. The van der Waals surface area contributed by atoms with Crippen LogP contribution in [0.25, 0.3) is 0 Å². The Labute approximate surface area is 141 Å². The molecule has 0 aliphatic carbocycles. The van der Waals surface area contributed by atoms with Crippen molar-refractivity contribution >= 4 is 5.97 Å². The Balaban J connectivity index is 1.69. The molecule has 0 aromatic heterocycles. The van der Waals surface area contributed by atoms with Crippen LogP contribution in [0.5, 0.6) is 0 Å². The third-order valence-electron chi connectivity index (χ3n) is 4.10. The minimum Gasteiger partial charge on any atom is -0.429 e. The van der Waals surface area contributed by atoms with E-state index in [9.17, 15) is 9.90 Å². The van der Waals surface area contributed by atoms with Gasteiger partial charge in [-0.2, -0.15) is 0 Å². The van der Waals surface area contributed by atoms with E-state index in [0.717, 1.165) is 0 Å². The monoisotopic (exact) mass is 330 g/mol. The van der Waals surface area contributed by atoms with Gasteiger partial charge in [0.25, 0.3) is 0 Å². The molecule has 2 aliphatic heterocycles. The molecule has 2 heterocycles. The lowest BCUT2D eigenvalue weighted by Gasteiger charge is -2.20. The van der Waals surface area contributed by atoms with Crippen molar-refractivity contribution in [3.8, 4) is 11.8 Å². The number of carbonyl (C=O) groups is 1. The number of rotatable bonds is 2. The molecular weight excluding hydrogens is 308 g/mol. The van der Waals surface area contributed by atoms with Crippen molar-refractivity contribution in [1.82, 2.24) is 0 Å². The fourth-order valence-corrected chi connectivity index (χ4v) is 2.79. The van der Waals surface area contributed by atoms with E-state index < -0.39 is 24.0 Å². The summed E-state index contributed by atoms with van der Waals surface area (Å²) >= 11 is 0. The predicted octanol–water partition coefficient (Wildman–Crippen LogP) is 2.00. The van der Waals surface area contributed by atoms with Crippen molar-refractivity contribution in [2.24, 2.45) is 11.3 Å². The van der Waals surface area contributed by atoms with E-state index in [-0.39, 0.29) is 24.5 Å². The van der Waals surface area contributed by atoms with Gasteiger partial charge in [0.2, 0.25) is 6.29 Å². The third-order valence-corrected chi connectivity index (χ3v) is 4.10. The van der Waals surface area contributed by atoms with Gasteiger partial charge in [-0.25, -0.2) is 4.79 Å². The Morgan fingerprint density at radius 2 is 2.00 bits per heavy atom. The first-order valence-electron chi connectivity index (χ1n) is 8.04. The minimum absolute atomic E-state index is 0.0914. The molecule has 4 atom stereocenters. The van der Waals surface area contributed by atoms with Crippen molar-refractivity contribution in [3.63, 3.8) is 0 Å². The molecule has 0 saturated carbocycles. The van der Waals surface area contributed by atoms with Crippen LogP contribution in [-0.2, 0) is 14.2 Å². The van der Waals surface area contributed by atoms with Crippen molar-refractivity contribution < 1.29 is 24.1 Å². The topological polar surface area (TPSA) is 65.0 Å². The van der Waals surface area contributed by atoms with Crippen LogP contribution >= 0.6 is 0 Å². The number of esters is 1. The Morgan fingerprint density at radius 3 is 2.67 bits per heavy atom. The van der Waals surface area contributed by atoms with Crippen molar-refractivity contribution in [2.45, 2.75) is 38.8 Å². The molecule has 2 aliphatic rings. The van der Waals surface area contributed by atoms with Crippen molar-refractivity contribution in [3.05, 3.63) is 35.9 Å². The fourth-order valence-electron chi connectivity index (χ4n) is 2.79. The van der Waals surface area contributed by atoms with Gasteiger partial charge >= 0.3 is 5.97 Å². The Hall–Kier alpha value is -1.87. The molecule has 24 heavy (non-hydrogen) atoms. The van der Waals surface area contributed by atoms with Gasteiger partial charge in [0.1, 0.15) is 6.10 Å². The lowest BCUT2D eigenvalue weighted by atomic mass is 9.87. The highest BCUT2D eigenvalue weighted by atomic mass is 16.7. The van der Waals surface area contributed by atoms with Crippen LogP contribution < -0.4 is 0 Å². The highest BCUT2D eigenvalue weighted by molar-refractivity contribution is 5.89. The highest BCUT2D eigenvalue weighted by Gasteiger charge is 2.56. The van der Waals surface area contributed by atoms with Crippen LogP contribution in [0.3, 0.4) is 0 Å². The molecule has 2 fully saturated rings. The Kier molecular flexibility index (Phi) is 4.39. The summed E-state index contributed by atoms with van der Waals surface area (Å²) in [4.78, 5) is 12.2. The summed E-state index contributed by atoms with van der Waals surface area (Å²) < 4.78 is 16.6. The third kappa shape index (κ3) is 3.46. The lowest BCUT2D eigenvalue weighted by Crippen LogP contribution is -2.38. The summed E-state index contributed by atoms with van der Waals surface area (Å²) in [7, 11) is 0. The molecule has 1 N–H and O–H groups in total. The molecule has 128 valence electrons. The molecule has 0 unspecified atom stereocenters. The molecule has 0 bridgehead atoms. The minimum atomic E-state index is -1.27. The molecule has 0 spiro atoms. The van der Waals surface area contributed by atoms with Gasteiger partial charge in [0.15, 0.2) is 5.60 Å². The number of hydrogen-bond acceptors (Lipinski definition) is 5. The molecule has 5 nitrogen and oxygen atoms in total. The Bertz CT molecular complexity index is 666. The molecule has 0 radical (unpaired) electrons. The van der Waals surface area contributed by atoms with E-state index in [1.165, 1.54) is 0 Å². The number of fused-ring (bicyclic) bond motifs is 1. The number of ether oxygens (including phenoxy) is 3. The smallest absolute Gasteiger partial charge is 0.340 e. The molecule has 0 amide bonds. The fraction of sp³-hybridized carbons (Fsp3) is 0.526. The van der Waals surface area contributed by atoms with Crippen molar-refractivity contribution in [1.29, 1.82) is 0 Å². The molecule has 1 aromatic carbocycles. The summed E-state index contributed by atoms with van der Waals surface area (Å²) in [6.45, 7) is 6.27. The zero-order valence-corrected chi connectivity index (χ0v) is 14.1. The summed E-state index contributed by atoms with van der Waals surface area (Å²) in [5.41, 5.74) is -1.04. The van der Waals surface area contributed by atoms with E-state index in [0.29, 0.717) is 5.56 Å². The molecule has 1 aromatic rings. The maximum absolute atomic E-state index is 12.2. The van der Waals surface area contributed by atoms with Gasteiger partial charge < -0.3 is 19.3 Å². The normalized spacial score (nSPS) is 31.9. The largest absolute Gasteiger partial charge is 0.429 e. The summed E-state index contributed by atoms with van der Waals surface area (Å²) in [6, 6.07) is 8.71. The highest BCUT2D eigenvalue weighted by Crippen LogP contribution is 2.39. The van der Waals surface area contributed by atoms with Gasteiger partial charge in [-0.15, -0.1) is 0 Å². The van der Waals surface area contributed by atoms with E-state index in [1.807, 2.05) is 26.8 Å². The van der Waals surface area contributed by atoms with Crippen LogP contribution in [0, 0.1) is 23.2 Å². The first-order chi connectivity index (χ1) is 11.3. The maximum atomic E-state index is 12.2. The number of carbonyl (C=O) groups excluding carboxylic acids is 1. The molecule has 3 rings (SSSR count). The average Bonchev–Trinajstić information content (AvgIpc) is 3.08. The first kappa shape index (κ1) is 17.0. The Morgan fingerprint density at radius 1 is 1.29 bits per heavy atom.